The Bertz CT molecular complexity index is 996. The Hall–Kier alpha value is -1.33. The zero-order valence-electron chi connectivity index (χ0n) is 16.8. The van der Waals surface area contributed by atoms with Crippen LogP contribution < -0.4 is 14.8 Å². The summed E-state index contributed by atoms with van der Waals surface area (Å²) >= 11 is 24.5. The zero-order valence-corrected chi connectivity index (χ0v) is 20.6. The summed E-state index contributed by atoms with van der Waals surface area (Å²) in [5.41, 5.74) is 3.05. The lowest BCUT2D eigenvalue weighted by atomic mass is 10.1. The van der Waals surface area contributed by atoms with E-state index >= 15 is 0 Å². The molecule has 0 amide bonds. The Morgan fingerprint density at radius 2 is 1.52 bits per heavy atom. The third-order valence-electron chi connectivity index (χ3n) is 4.51. The van der Waals surface area contributed by atoms with Gasteiger partial charge in [0.05, 0.1) is 12.1 Å². The van der Waals surface area contributed by atoms with E-state index in [2.05, 4.69) is 5.32 Å². The minimum Gasteiger partial charge on any atom is -0.493 e. The largest absolute Gasteiger partial charge is 0.493 e. The molecule has 0 aliphatic carbocycles. The lowest BCUT2D eigenvalue weighted by Gasteiger charge is -2.15. The number of hydrogen-bond acceptors (Lipinski definition) is 3. The SMILES string of the molecule is COc1cc(CNCCc2ccc(Cl)cc2)cc(Cl)c1OCc1ccc(Cl)cc1Cl.Cl. The summed E-state index contributed by atoms with van der Waals surface area (Å²) in [5, 5.41) is 5.76. The van der Waals surface area contributed by atoms with Crippen molar-refractivity contribution >= 4 is 58.8 Å². The van der Waals surface area contributed by atoms with Crippen LogP contribution in [0.1, 0.15) is 16.7 Å². The first-order valence-corrected chi connectivity index (χ1v) is 10.9. The predicted octanol–water partition coefficient (Wildman–Crippen LogP) is 7.64. The molecule has 0 heterocycles. The van der Waals surface area contributed by atoms with Crippen molar-refractivity contribution in [1.82, 2.24) is 5.32 Å². The second-order valence-electron chi connectivity index (χ2n) is 6.69. The summed E-state index contributed by atoms with van der Waals surface area (Å²) < 4.78 is 11.4. The topological polar surface area (TPSA) is 30.5 Å². The molecular weight excluding hydrogens is 500 g/mol. The number of rotatable bonds is 9. The van der Waals surface area contributed by atoms with Crippen LogP contribution in [0.4, 0.5) is 0 Å². The van der Waals surface area contributed by atoms with Crippen molar-refractivity contribution < 1.29 is 9.47 Å². The van der Waals surface area contributed by atoms with E-state index in [1.165, 1.54) is 5.56 Å². The van der Waals surface area contributed by atoms with Gasteiger partial charge in [0, 0.05) is 27.2 Å². The van der Waals surface area contributed by atoms with Gasteiger partial charge in [-0.15, -0.1) is 12.4 Å². The van der Waals surface area contributed by atoms with E-state index in [1.807, 2.05) is 42.5 Å². The molecule has 3 nitrogen and oxygen atoms in total. The molecule has 0 bridgehead atoms. The molecule has 3 aromatic rings. The Labute approximate surface area is 209 Å². The number of ether oxygens (including phenoxy) is 2. The van der Waals surface area contributed by atoms with Crippen LogP contribution >= 0.6 is 58.8 Å². The molecular formula is C23H22Cl5NO2. The van der Waals surface area contributed by atoms with E-state index in [0.29, 0.717) is 33.1 Å². The normalized spacial score (nSPS) is 10.5. The molecule has 0 spiro atoms. The van der Waals surface area contributed by atoms with Crippen LogP contribution in [0.2, 0.25) is 20.1 Å². The van der Waals surface area contributed by atoms with Crippen molar-refractivity contribution in [3.05, 3.63) is 91.4 Å². The standard InChI is InChI=1S/C23H21Cl4NO2.ClH/c1-29-22-11-16(13-28-9-8-15-2-5-18(24)6-3-15)10-21(27)23(22)30-14-17-4-7-19(25)12-20(17)26;/h2-7,10-12,28H,8-9,13-14H2,1H3;1H. The average Bonchev–Trinajstić information content (AvgIpc) is 2.72. The lowest BCUT2D eigenvalue weighted by Crippen LogP contribution is -2.16. The van der Waals surface area contributed by atoms with E-state index in [4.69, 9.17) is 55.9 Å². The van der Waals surface area contributed by atoms with Gasteiger partial charge < -0.3 is 14.8 Å². The summed E-state index contributed by atoms with van der Waals surface area (Å²) in [6.45, 7) is 1.74. The molecule has 31 heavy (non-hydrogen) atoms. The Balaban J connectivity index is 0.00000341. The van der Waals surface area contributed by atoms with E-state index < -0.39 is 0 Å². The third-order valence-corrected chi connectivity index (χ3v) is 5.63. The molecule has 0 aromatic heterocycles. The minimum absolute atomic E-state index is 0. The van der Waals surface area contributed by atoms with E-state index in [9.17, 15) is 0 Å². The average molecular weight is 522 g/mol. The van der Waals surface area contributed by atoms with E-state index in [1.54, 1.807) is 19.2 Å². The number of halogens is 5. The summed E-state index contributed by atoms with van der Waals surface area (Å²) in [6.07, 6.45) is 0.908. The van der Waals surface area contributed by atoms with E-state index in [-0.39, 0.29) is 19.0 Å². The molecule has 0 fully saturated rings. The van der Waals surface area contributed by atoms with Crippen LogP contribution in [0.5, 0.6) is 11.5 Å². The maximum Gasteiger partial charge on any atom is 0.180 e. The van der Waals surface area contributed by atoms with Crippen LogP contribution in [0.25, 0.3) is 0 Å². The first-order valence-electron chi connectivity index (χ1n) is 9.34. The summed E-state index contributed by atoms with van der Waals surface area (Å²) in [7, 11) is 1.59. The van der Waals surface area contributed by atoms with Gasteiger partial charge in [0.2, 0.25) is 0 Å². The molecule has 0 aliphatic heterocycles. The van der Waals surface area contributed by atoms with Crippen LogP contribution in [-0.2, 0) is 19.6 Å². The number of benzene rings is 3. The van der Waals surface area contributed by atoms with Crippen LogP contribution in [0.15, 0.2) is 54.6 Å². The fourth-order valence-electron chi connectivity index (χ4n) is 2.92. The zero-order chi connectivity index (χ0) is 21.5. The van der Waals surface area contributed by atoms with Crippen LogP contribution in [0, 0.1) is 0 Å². The monoisotopic (exact) mass is 519 g/mol. The maximum atomic E-state index is 6.47. The van der Waals surface area contributed by atoms with Gasteiger partial charge in [-0.2, -0.15) is 0 Å². The first-order chi connectivity index (χ1) is 14.5. The summed E-state index contributed by atoms with van der Waals surface area (Å²) in [4.78, 5) is 0. The molecule has 1 N–H and O–H groups in total. The summed E-state index contributed by atoms with van der Waals surface area (Å²) in [6, 6.07) is 16.9. The molecule has 0 saturated heterocycles. The minimum atomic E-state index is 0. The van der Waals surface area contributed by atoms with Crippen molar-refractivity contribution in [3.63, 3.8) is 0 Å². The van der Waals surface area contributed by atoms with Gasteiger partial charge in [-0.05, 0) is 60.5 Å². The summed E-state index contributed by atoms with van der Waals surface area (Å²) in [5.74, 6) is 1.05. The molecule has 3 rings (SSSR count). The van der Waals surface area contributed by atoms with Crippen molar-refractivity contribution in [2.75, 3.05) is 13.7 Å². The predicted molar refractivity (Wildman–Crippen MR) is 133 cm³/mol. The van der Waals surface area contributed by atoms with Gasteiger partial charge >= 0.3 is 0 Å². The second kappa shape index (κ2) is 12.6. The van der Waals surface area contributed by atoms with Crippen molar-refractivity contribution in [2.24, 2.45) is 0 Å². The number of nitrogens with one attached hydrogen (secondary N) is 1. The van der Waals surface area contributed by atoms with Crippen molar-refractivity contribution in [3.8, 4) is 11.5 Å². The molecule has 0 unspecified atom stereocenters. The second-order valence-corrected chi connectivity index (χ2v) is 8.37. The molecule has 0 radical (unpaired) electrons. The molecule has 8 heteroatoms. The first kappa shape index (κ1) is 25.9. The highest BCUT2D eigenvalue weighted by molar-refractivity contribution is 6.35. The van der Waals surface area contributed by atoms with Crippen LogP contribution in [0.3, 0.4) is 0 Å². The molecule has 0 aliphatic rings. The van der Waals surface area contributed by atoms with Crippen molar-refractivity contribution in [2.45, 2.75) is 19.6 Å². The lowest BCUT2D eigenvalue weighted by molar-refractivity contribution is 0.284. The quantitative estimate of drug-likeness (QED) is 0.294. The smallest absolute Gasteiger partial charge is 0.180 e. The van der Waals surface area contributed by atoms with Gasteiger partial charge in [0.15, 0.2) is 11.5 Å². The number of hydrogen-bond donors (Lipinski definition) is 1. The van der Waals surface area contributed by atoms with Gasteiger partial charge in [0.25, 0.3) is 0 Å². The third kappa shape index (κ3) is 7.64. The highest BCUT2D eigenvalue weighted by atomic mass is 35.5. The molecule has 3 aromatic carbocycles. The fraction of sp³-hybridized carbons (Fsp3) is 0.217. The molecule has 0 saturated carbocycles. The van der Waals surface area contributed by atoms with Gasteiger partial charge in [-0.1, -0.05) is 64.6 Å². The molecule has 166 valence electrons. The highest BCUT2D eigenvalue weighted by Crippen LogP contribution is 2.37. The van der Waals surface area contributed by atoms with Gasteiger partial charge in [-0.25, -0.2) is 0 Å². The Morgan fingerprint density at radius 1 is 0.806 bits per heavy atom. The fourth-order valence-corrected chi connectivity index (χ4v) is 3.80. The maximum absolute atomic E-state index is 6.47. The molecule has 0 atom stereocenters. The number of methoxy groups -OCH3 is 1. The Morgan fingerprint density at radius 3 is 2.19 bits per heavy atom. The van der Waals surface area contributed by atoms with Gasteiger partial charge in [-0.3, -0.25) is 0 Å². The Kier molecular flexibility index (Phi) is 10.6. The van der Waals surface area contributed by atoms with E-state index in [0.717, 1.165) is 29.1 Å². The van der Waals surface area contributed by atoms with Crippen molar-refractivity contribution in [1.29, 1.82) is 0 Å². The van der Waals surface area contributed by atoms with Crippen LogP contribution in [-0.4, -0.2) is 13.7 Å². The van der Waals surface area contributed by atoms with Gasteiger partial charge in [0.1, 0.15) is 6.61 Å². The highest BCUT2D eigenvalue weighted by Gasteiger charge is 2.13.